The van der Waals surface area contributed by atoms with Gasteiger partial charge in [-0.15, -0.1) is 0 Å². The summed E-state index contributed by atoms with van der Waals surface area (Å²) >= 11 is 0. The average Bonchev–Trinajstić information content (AvgIpc) is 2.86. The van der Waals surface area contributed by atoms with Gasteiger partial charge in [-0.25, -0.2) is 0 Å². The van der Waals surface area contributed by atoms with Gasteiger partial charge in [-0.3, -0.25) is 9.69 Å². The fourth-order valence-electron chi connectivity index (χ4n) is 4.50. The van der Waals surface area contributed by atoms with Crippen molar-refractivity contribution >= 4 is 5.97 Å². The summed E-state index contributed by atoms with van der Waals surface area (Å²) in [6, 6.07) is 0.613. The van der Waals surface area contributed by atoms with E-state index in [0.717, 1.165) is 18.8 Å². The van der Waals surface area contributed by atoms with Crippen LogP contribution in [0.3, 0.4) is 0 Å². The van der Waals surface area contributed by atoms with Gasteiger partial charge in [-0.1, -0.05) is 39.0 Å². The lowest BCUT2D eigenvalue weighted by Crippen LogP contribution is -2.54. The van der Waals surface area contributed by atoms with E-state index in [1.807, 2.05) is 0 Å². The number of hydrogen-bond donors (Lipinski definition) is 1. The molecule has 0 spiro atoms. The van der Waals surface area contributed by atoms with E-state index in [9.17, 15) is 9.90 Å². The minimum Gasteiger partial charge on any atom is -0.481 e. The number of hydrogen-bond acceptors (Lipinski definition) is 2. The summed E-state index contributed by atoms with van der Waals surface area (Å²) in [4.78, 5) is 13.8. The highest BCUT2D eigenvalue weighted by Gasteiger charge is 2.43. The largest absolute Gasteiger partial charge is 0.481 e. The molecule has 0 saturated heterocycles. The van der Waals surface area contributed by atoms with Crippen LogP contribution in [0.15, 0.2) is 0 Å². The van der Waals surface area contributed by atoms with Crippen LogP contribution in [0.5, 0.6) is 0 Å². The molecule has 110 valence electrons. The first-order chi connectivity index (χ1) is 9.09. The monoisotopic (exact) mass is 267 g/mol. The Hall–Kier alpha value is -0.570. The maximum absolute atomic E-state index is 11.3. The lowest BCUT2D eigenvalue weighted by molar-refractivity contribution is -0.142. The van der Waals surface area contributed by atoms with Crippen molar-refractivity contribution in [2.75, 3.05) is 7.05 Å². The van der Waals surface area contributed by atoms with E-state index >= 15 is 0 Å². The minimum absolute atomic E-state index is 0.0630. The van der Waals surface area contributed by atoms with Crippen LogP contribution in [-0.2, 0) is 4.79 Å². The highest BCUT2D eigenvalue weighted by Crippen LogP contribution is 2.42. The third-order valence-corrected chi connectivity index (χ3v) is 5.65. The third kappa shape index (κ3) is 3.13. The zero-order chi connectivity index (χ0) is 13.9. The van der Waals surface area contributed by atoms with Gasteiger partial charge in [0.25, 0.3) is 0 Å². The van der Waals surface area contributed by atoms with Crippen LogP contribution >= 0.6 is 0 Å². The Balaban J connectivity index is 2.14. The fourth-order valence-corrected chi connectivity index (χ4v) is 4.50. The van der Waals surface area contributed by atoms with Gasteiger partial charge in [-0.2, -0.15) is 0 Å². The molecule has 0 aromatic carbocycles. The zero-order valence-corrected chi connectivity index (χ0v) is 12.5. The van der Waals surface area contributed by atoms with E-state index in [-0.39, 0.29) is 5.54 Å². The molecule has 2 fully saturated rings. The van der Waals surface area contributed by atoms with Crippen molar-refractivity contribution in [2.24, 2.45) is 5.92 Å². The standard InChI is InChI=1S/C16H29NO2/c1-3-13-8-7-9-14(13)17(2)16(12-15(18)19)10-5-4-6-11-16/h13-14H,3-12H2,1-2H3,(H,18,19). The van der Waals surface area contributed by atoms with Crippen LogP contribution in [0.4, 0.5) is 0 Å². The average molecular weight is 267 g/mol. The molecular formula is C16H29NO2. The van der Waals surface area contributed by atoms with Gasteiger partial charge >= 0.3 is 5.97 Å². The second-order valence-corrected chi connectivity index (χ2v) is 6.63. The highest BCUT2D eigenvalue weighted by atomic mass is 16.4. The Kier molecular flexibility index (Phi) is 4.88. The Morgan fingerprint density at radius 2 is 1.89 bits per heavy atom. The van der Waals surface area contributed by atoms with Crippen LogP contribution in [0, 0.1) is 5.92 Å². The predicted molar refractivity (Wildman–Crippen MR) is 77.3 cm³/mol. The molecule has 0 aromatic heterocycles. The van der Waals surface area contributed by atoms with Gasteiger partial charge in [0.2, 0.25) is 0 Å². The molecule has 2 atom stereocenters. The molecule has 19 heavy (non-hydrogen) atoms. The van der Waals surface area contributed by atoms with E-state index < -0.39 is 5.97 Å². The summed E-state index contributed by atoms with van der Waals surface area (Å²) in [5.74, 6) is 0.150. The van der Waals surface area contributed by atoms with Crippen molar-refractivity contribution in [1.29, 1.82) is 0 Å². The Morgan fingerprint density at radius 1 is 1.21 bits per heavy atom. The summed E-state index contributed by atoms with van der Waals surface area (Å²) in [5, 5.41) is 9.32. The topological polar surface area (TPSA) is 40.5 Å². The smallest absolute Gasteiger partial charge is 0.305 e. The quantitative estimate of drug-likeness (QED) is 0.826. The zero-order valence-electron chi connectivity index (χ0n) is 12.5. The summed E-state index contributed by atoms with van der Waals surface area (Å²) in [5.41, 5.74) is -0.0630. The van der Waals surface area contributed by atoms with Crippen LogP contribution in [0.25, 0.3) is 0 Å². The van der Waals surface area contributed by atoms with E-state index in [0.29, 0.717) is 12.5 Å². The van der Waals surface area contributed by atoms with Gasteiger partial charge in [0.1, 0.15) is 0 Å². The first kappa shape index (κ1) is 14.8. The Labute approximate surface area is 117 Å². The van der Waals surface area contributed by atoms with Gasteiger partial charge in [-0.05, 0) is 38.6 Å². The number of nitrogens with zero attached hydrogens (tertiary/aromatic N) is 1. The fraction of sp³-hybridized carbons (Fsp3) is 0.938. The SMILES string of the molecule is CCC1CCCC1N(C)C1(CC(=O)O)CCCCC1. The van der Waals surface area contributed by atoms with Crippen molar-refractivity contribution < 1.29 is 9.90 Å². The first-order valence-corrected chi connectivity index (χ1v) is 8.04. The number of rotatable bonds is 5. The summed E-state index contributed by atoms with van der Waals surface area (Å²) in [7, 11) is 2.20. The van der Waals surface area contributed by atoms with E-state index in [1.165, 1.54) is 44.9 Å². The number of carboxylic acids is 1. The minimum atomic E-state index is -0.625. The molecule has 0 aromatic rings. The Bertz CT molecular complexity index is 310. The van der Waals surface area contributed by atoms with E-state index in [1.54, 1.807) is 0 Å². The van der Waals surface area contributed by atoms with Gasteiger partial charge in [0.15, 0.2) is 0 Å². The molecule has 0 amide bonds. The first-order valence-electron chi connectivity index (χ1n) is 8.04. The van der Waals surface area contributed by atoms with Gasteiger partial charge in [0, 0.05) is 11.6 Å². The molecule has 2 aliphatic carbocycles. The second kappa shape index (κ2) is 6.25. The van der Waals surface area contributed by atoms with Crippen LogP contribution < -0.4 is 0 Å². The van der Waals surface area contributed by atoms with Gasteiger partial charge < -0.3 is 5.11 Å². The number of aliphatic carboxylic acids is 1. The van der Waals surface area contributed by atoms with Crippen LogP contribution in [0.2, 0.25) is 0 Å². The van der Waals surface area contributed by atoms with E-state index in [4.69, 9.17) is 0 Å². The molecule has 2 unspecified atom stereocenters. The third-order valence-electron chi connectivity index (χ3n) is 5.65. The summed E-state index contributed by atoms with van der Waals surface area (Å²) < 4.78 is 0. The normalized spacial score (nSPS) is 30.7. The molecule has 0 bridgehead atoms. The molecular weight excluding hydrogens is 238 g/mol. The Morgan fingerprint density at radius 3 is 2.47 bits per heavy atom. The van der Waals surface area contributed by atoms with Crippen molar-refractivity contribution in [2.45, 2.75) is 82.7 Å². The lowest BCUT2D eigenvalue weighted by Gasteiger charge is -2.48. The van der Waals surface area contributed by atoms with Gasteiger partial charge in [0.05, 0.1) is 6.42 Å². The summed E-state index contributed by atoms with van der Waals surface area (Å²) in [6.07, 6.45) is 11.3. The molecule has 3 nitrogen and oxygen atoms in total. The van der Waals surface area contributed by atoms with E-state index in [2.05, 4.69) is 18.9 Å². The molecule has 2 aliphatic rings. The molecule has 3 heteroatoms. The highest BCUT2D eigenvalue weighted by molar-refractivity contribution is 5.68. The number of carboxylic acid groups (broad SMARTS) is 1. The molecule has 0 aliphatic heterocycles. The van der Waals surface area contributed by atoms with Crippen molar-refractivity contribution in [3.63, 3.8) is 0 Å². The second-order valence-electron chi connectivity index (χ2n) is 6.63. The van der Waals surface area contributed by atoms with Crippen LogP contribution in [0.1, 0.15) is 71.1 Å². The summed E-state index contributed by atoms with van der Waals surface area (Å²) in [6.45, 7) is 2.28. The number of carbonyl (C=O) groups is 1. The molecule has 0 heterocycles. The maximum atomic E-state index is 11.3. The van der Waals surface area contributed by atoms with Crippen molar-refractivity contribution in [3.8, 4) is 0 Å². The maximum Gasteiger partial charge on any atom is 0.305 e. The lowest BCUT2D eigenvalue weighted by atomic mass is 9.76. The van der Waals surface area contributed by atoms with Crippen molar-refractivity contribution in [3.05, 3.63) is 0 Å². The van der Waals surface area contributed by atoms with Crippen molar-refractivity contribution in [1.82, 2.24) is 4.90 Å². The molecule has 0 radical (unpaired) electrons. The van der Waals surface area contributed by atoms with Crippen LogP contribution in [-0.4, -0.2) is 34.6 Å². The molecule has 1 N–H and O–H groups in total. The predicted octanol–water partition coefficient (Wildman–Crippen LogP) is 3.67. The molecule has 2 saturated carbocycles. The molecule has 2 rings (SSSR count).